The second kappa shape index (κ2) is 10.6. The molecular weight excluding hydrogens is 496 g/mol. The zero-order valence-corrected chi connectivity index (χ0v) is 22.3. The standard InChI is InChI=1S/C28H32N8O3/c1-28(2,3)39-27(38)30-12-6-7-18-14-31-26(32-15-18)36-19-10-11-20(36)17-35(16-19)23-13-22(33-34-25(23)29)21-8-4-5-9-24(21)37/h4-5,8-9,13-15,19-20,37H,10-12,16-17H2,1-3H3,(H2,29,34)(H,30,38). The van der Waals surface area contributed by atoms with E-state index in [0.29, 0.717) is 28.6 Å². The molecular formula is C28H32N8O3. The zero-order valence-electron chi connectivity index (χ0n) is 22.3. The van der Waals surface area contributed by atoms with Crippen molar-refractivity contribution in [2.45, 2.75) is 51.3 Å². The van der Waals surface area contributed by atoms with Crippen LogP contribution in [-0.4, -0.2) is 68.7 Å². The Balaban J connectivity index is 1.24. The fraction of sp³-hybridized carbons (Fsp3) is 0.393. The van der Waals surface area contributed by atoms with Crippen LogP contribution in [0.3, 0.4) is 0 Å². The number of aromatic hydroxyl groups is 1. The first kappa shape index (κ1) is 26.0. The molecule has 11 heteroatoms. The van der Waals surface area contributed by atoms with Gasteiger partial charge in [-0.15, -0.1) is 10.2 Å². The number of rotatable bonds is 4. The van der Waals surface area contributed by atoms with E-state index in [1.807, 2.05) is 39.0 Å². The lowest BCUT2D eigenvalue weighted by atomic mass is 10.1. The Labute approximate surface area is 227 Å². The van der Waals surface area contributed by atoms with Gasteiger partial charge in [-0.25, -0.2) is 14.8 Å². The Hall–Kier alpha value is -4.59. The van der Waals surface area contributed by atoms with Gasteiger partial charge in [-0.2, -0.15) is 0 Å². The van der Waals surface area contributed by atoms with Crippen molar-refractivity contribution in [2.75, 3.05) is 35.2 Å². The highest BCUT2D eigenvalue weighted by atomic mass is 16.6. The number of ether oxygens (including phenoxy) is 1. The molecule has 5 rings (SSSR count). The minimum atomic E-state index is -0.553. The summed E-state index contributed by atoms with van der Waals surface area (Å²) >= 11 is 0. The number of aromatic nitrogens is 4. The average molecular weight is 529 g/mol. The van der Waals surface area contributed by atoms with Gasteiger partial charge in [0.2, 0.25) is 5.95 Å². The van der Waals surface area contributed by atoms with Gasteiger partial charge >= 0.3 is 6.09 Å². The Morgan fingerprint density at radius 3 is 2.51 bits per heavy atom. The van der Waals surface area contributed by atoms with Crippen molar-refractivity contribution >= 4 is 23.5 Å². The van der Waals surface area contributed by atoms with E-state index in [4.69, 9.17) is 10.5 Å². The van der Waals surface area contributed by atoms with Crippen LogP contribution in [0.5, 0.6) is 5.75 Å². The number of nitrogen functional groups attached to an aromatic ring is 1. The molecule has 39 heavy (non-hydrogen) atoms. The SMILES string of the molecule is CC(C)(C)OC(=O)NCC#Cc1cnc(N2C3CCC2CN(c2cc(-c4ccccc4O)nnc2N)C3)nc1. The van der Waals surface area contributed by atoms with E-state index >= 15 is 0 Å². The molecule has 2 aliphatic heterocycles. The molecule has 2 bridgehead atoms. The number of piperazine rings is 1. The van der Waals surface area contributed by atoms with E-state index in [1.54, 1.807) is 24.5 Å². The highest BCUT2D eigenvalue weighted by Crippen LogP contribution is 2.37. The van der Waals surface area contributed by atoms with Crippen molar-refractivity contribution in [3.63, 3.8) is 0 Å². The smallest absolute Gasteiger partial charge is 0.408 e. The van der Waals surface area contributed by atoms with E-state index in [1.165, 1.54) is 0 Å². The largest absolute Gasteiger partial charge is 0.507 e. The van der Waals surface area contributed by atoms with Crippen LogP contribution >= 0.6 is 0 Å². The summed E-state index contributed by atoms with van der Waals surface area (Å²) in [5.41, 5.74) is 8.37. The number of amides is 1. The monoisotopic (exact) mass is 528 g/mol. The molecule has 1 amide bonds. The number of nitrogens with zero attached hydrogens (tertiary/aromatic N) is 6. The fourth-order valence-corrected chi connectivity index (χ4v) is 4.99. The van der Waals surface area contributed by atoms with Gasteiger partial charge in [-0.05, 0) is 51.8 Å². The number of anilines is 3. The van der Waals surface area contributed by atoms with Crippen LogP contribution in [0.15, 0.2) is 42.7 Å². The molecule has 0 spiro atoms. The summed E-state index contributed by atoms with van der Waals surface area (Å²) < 4.78 is 5.20. The Morgan fingerprint density at radius 2 is 1.85 bits per heavy atom. The Kier molecular flexibility index (Phi) is 7.11. The third-order valence-electron chi connectivity index (χ3n) is 6.63. The number of benzene rings is 1. The predicted molar refractivity (Wildman–Crippen MR) is 148 cm³/mol. The van der Waals surface area contributed by atoms with Crippen molar-refractivity contribution in [3.8, 4) is 28.8 Å². The number of nitrogens with two attached hydrogens (primary N) is 1. The molecule has 0 radical (unpaired) electrons. The number of carbonyl (C=O) groups is 1. The summed E-state index contributed by atoms with van der Waals surface area (Å²) in [5, 5.41) is 21.3. The molecule has 2 aromatic heterocycles. The maximum Gasteiger partial charge on any atom is 0.408 e. The Morgan fingerprint density at radius 1 is 1.15 bits per heavy atom. The maximum absolute atomic E-state index is 11.7. The van der Waals surface area contributed by atoms with Crippen LogP contribution in [0.1, 0.15) is 39.2 Å². The summed E-state index contributed by atoms with van der Waals surface area (Å²) in [7, 11) is 0. The number of fused-ring (bicyclic) bond motifs is 2. The molecule has 3 aromatic rings. The molecule has 4 heterocycles. The molecule has 11 nitrogen and oxygen atoms in total. The van der Waals surface area contributed by atoms with Crippen LogP contribution in [0, 0.1) is 11.8 Å². The van der Waals surface area contributed by atoms with Crippen LogP contribution in [0.2, 0.25) is 0 Å². The molecule has 2 fully saturated rings. The number of hydrogen-bond donors (Lipinski definition) is 3. The third kappa shape index (κ3) is 5.95. The normalized spacial score (nSPS) is 18.3. The number of phenolic OH excluding ortho intramolecular Hbond substituents is 1. The molecule has 0 saturated carbocycles. The lowest BCUT2D eigenvalue weighted by Gasteiger charge is -2.42. The lowest BCUT2D eigenvalue weighted by Crippen LogP contribution is -2.54. The van der Waals surface area contributed by atoms with Gasteiger partial charge in [-0.1, -0.05) is 24.0 Å². The lowest BCUT2D eigenvalue weighted by molar-refractivity contribution is 0.0535. The molecule has 1 aromatic carbocycles. The highest BCUT2D eigenvalue weighted by Gasteiger charge is 2.42. The van der Waals surface area contributed by atoms with Crippen molar-refractivity contribution in [2.24, 2.45) is 0 Å². The zero-order chi connectivity index (χ0) is 27.6. The number of phenols is 1. The maximum atomic E-state index is 11.7. The first-order valence-electron chi connectivity index (χ1n) is 12.9. The van der Waals surface area contributed by atoms with Gasteiger partial charge in [0, 0.05) is 43.1 Å². The van der Waals surface area contributed by atoms with Crippen LogP contribution < -0.4 is 20.9 Å². The highest BCUT2D eigenvalue weighted by molar-refractivity contribution is 5.74. The molecule has 2 saturated heterocycles. The quantitative estimate of drug-likeness (QED) is 0.433. The van der Waals surface area contributed by atoms with Crippen molar-refractivity contribution in [3.05, 3.63) is 48.3 Å². The van der Waals surface area contributed by atoms with E-state index in [-0.39, 0.29) is 24.4 Å². The summed E-state index contributed by atoms with van der Waals surface area (Å²) in [6.07, 6.45) is 4.95. The predicted octanol–water partition coefficient (Wildman–Crippen LogP) is 2.96. The molecule has 4 N–H and O–H groups in total. The van der Waals surface area contributed by atoms with Gasteiger partial charge in [0.05, 0.1) is 23.5 Å². The summed E-state index contributed by atoms with van der Waals surface area (Å²) in [6, 6.07) is 9.40. The van der Waals surface area contributed by atoms with Crippen LogP contribution in [0.4, 0.5) is 22.2 Å². The van der Waals surface area contributed by atoms with E-state index < -0.39 is 11.7 Å². The minimum Gasteiger partial charge on any atom is -0.507 e. The van der Waals surface area contributed by atoms with Crippen molar-refractivity contribution in [1.82, 2.24) is 25.5 Å². The second-order valence-electron chi connectivity index (χ2n) is 10.6. The summed E-state index contributed by atoms with van der Waals surface area (Å²) in [6.45, 7) is 7.08. The summed E-state index contributed by atoms with van der Waals surface area (Å²) in [4.78, 5) is 25.4. The number of carbonyl (C=O) groups excluding carboxylic acids is 1. The molecule has 2 aliphatic rings. The van der Waals surface area contributed by atoms with Gasteiger partial charge in [0.15, 0.2) is 5.82 Å². The van der Waals surface area contributed by atoms with Crippen LogP contribution in [-0.2, 0) is 4.74 Å². The minimum absolute atomic E-state index is 0.150. The van der Waals surface area contributed by atoms with E-state index in [9.17, 15) is 9.90 Å². The van der Waals surface area contributed by atoms with Gasteiger partial charge < -0.3 is 30.7 Å². The average Bonchev–Trinajstić information content (AvgIpc) is 3.15. The van der Waals surface area contributed by atoms with Crippen molar-refractivity contribution in [1.29, 1.82) is 0 Å². The number of para-hydroxylation sites is 1. The second-order valence-corrected chi connectivity index (χ2v) is 10.6. The Bertz CT molecular complexity index is 1400. The van der Waals surface area contributed by atoms with Gasteiger partial charge in [0.1, 0.15) is 11.4 Å². The fourth-order valence-electron chi connectivity index (χ4n) is 4.99. The van der Waals surface area contributed by atoms with Crippen LogP contribution in [0.25, 0.3) is 11.3 Å². The first-order valence-corrected chi connectivity index (χ1v) is 12.9. The number of nitrogens with one attached hydrogen (secondary N) is 1. The summed E-state index contributed by atoms with van der Waals surface area (Å²) in [5.74, 6) is 7.06. The third-order valence-corrected chi connectivity index (χ3v) is 6.63. The number of hydrogen-bond acceptors (Lipinski definition) is 10. The topological polar surface area (TPSA) is 143 Å². The van der Waals surface area contributed by atoms with E-state index in [0.717, 1.165) is 31.6 Å². The molecule has 2 unspecified atom stereocenters. The first-order chi connectivity index (χ1) is 18.7. The van der Waals surface area contributed by atoms with E-state index in [2.05, 4.69) is 47.1 Å². The van der Waals surface area contributed by atoms with Gasteiger partial charge in [-0.3, -0.25) is 0 Å². The molecule has 0 aliphatic carbocycles. The molecule has 202 valence electrons. The van der Waals surface area contributed by atoms with Gasteiger partial charge in [0.25, 0.3) is 0 Å². The molecule has 2 atom stereocenters. The van der Waals surface area contributed by atoms with Crippen molar-refractivity contribution < 1.29 is 14.6 Å². The number of alkyl carbamates (subject to hydrolysis) is 1.